The van der Waals surface area contributed by atoms with Gasteiger partial charge in [0.2, 0.25) is 6.29 Å². The molecule has 1 fully saturated rings. The van der Waals surface area contributed by atoms with Crippen molar-refractivity contribution in [2.75, 3.05) is 6.61 Å². The number of rotatable bonds is 12. The van der Waals surface area contributed by atoms with Crippen LogP contribution in [0.2, 0.25) is 0 Å². The first-order valence-electron chi connectivity index (χ1n) is 14.1. The number of aryl methyl sites for hydroxylation is 2. The molecule has 1 aliphatic heterocycles. The minimum absolute atomic E-state index is 0.235. The molecule has 0 radical (unpaired) electrons. The molecule has 0 saturated carbocycles. The zero-order valence-corrected chi connectivity index (χ0v) is 23.6. The highest BCUT2D eigenvalue weighted by molar-refractivity contribution is 5.34. The Bertz CT molecular complexity index is 1330. The lowest BCUT2D eigenvalue weighted by Gasteiger charge is -2.44. The van der Waals surface area contributed by atoms with Crippen molar-refractivity contribution in [1.82, 2.24) is 0 Å². The molecule has 4 aromatic carbocycles. The lowest BCUT2D eigenvalue weighted by atomic mass is 9.98. The van der Waals surface area contributed by atoms with Gasteiger partial charge in [-0.1, -0.05) is 97.1 Å². The summed E-state index contributed by atoms with van der Waals surface area (Å²) in [7, 11) is 0. The van der Waals surface area contributed by atoms with Crippen LogP contribution in [-0.4, -0.2) is 42.4 Å². The topological polar surface area (TPSA) is 66.4 Å². The van der Waals surface area contributed by atoms with Crippen molar-refractivity contribution in [3.05, 3.63) is 137 Å². The molecule has 0 unspecified atom stereocenters. The molecule has 0 amide bonds. The van der Waals surface area contributed by atoms with Gasteiger partial charge in [-0.25, -0.2) is 0 Å². The summed E-state index contributed by atoms with van der Waals surface area (Å²) in [5.41, 5.74) is 5.33. The van der Waals surface area contributed by atoms with Gasteiger partial charge in [0.1, 0.15) is 30.2 Å². The van der Waals surface area contributed by atoms with Gasteiger partial charge in [-0.3, -0.25) is 0 Å². The van der Waals surface area contributed by atoms with Crippen LogP contribution < -0.4 is 4.74 Å². The van der Waals surface area contributed by atoms with Gasteiger partial charge in [0.15, 0.2) is 0 Å². The summed E-state index contributed by atoms with van der Waals surface area (Å²) in [6, 6.07) is 35.6. The predicted octanol–water partition coefficient (Wildman–Crippen LogP) is 6.16. The fraction of sp³-hybridized carbons (Fsp3) is 0.314. The van der Waals surface area contributed by atoms with Crippen LogP contribution in [-0.2, 0) is 38.8 Å². The highest BCUT2D eigenvalue weighted by atomic mass is 16.7. The molecule has 1 saturated heterocycles. The molecule has 1 N–H and O–H groups in total. The quantitative estimate of drug-likeness (QED) is 0.226. The van der Waals surface area contributed by atoms with Crippen molar-refractivity contribution in [3.8, 4) is 5.75 Å². The van der Waals surface area contributed by atoms with Crippen LogP contribution in [0.1, 0.15) is 27.8 Å². The Hall–Kier alpha value is -3.52. The van der Waals surface area contributed by atoms with Crippen molar-refractivity contribution >= 4 is 0 Å². The lowest BCUT2D eigenvalue weighted by molar-refractivity contribution is -0.299. The van der Waals surface area contributed by atoms with E-state index < -0.39 is 30.7 Å². The van der Waals surface area contributed by atoms with Crippen molar-refractivity contribution in [1.29, 1.82) is 0 Å². The fourth-order valence-electron chi connectivity index (χ4n) is 4.84. The molecule has 0 bridgehead atoms. The zero-order chi connectivity index (χ0) is 28.4. The predicted molar refractivity (Wildman–Crippen MR) is 157 cm³/mol. The third kappa shape index (κ3) is 8.03. The van der Waals surface area contributed by atoms with Crippen molar-refractivity contribution < 1.29 is 28.8 Å². The van der Waals surface area contributed by atoms with Crippen LogP contribution in [0, 0.1) is 13.8 Å². The average molecular weight is 555 g/mol. The summed E-state index contributed by atoms with van der Waals surface area (Å²) in [4.78, 5) is 0. The van der Waals surface area contributed by atoms with Crippen molar-refractivity contribution in [2.45, 2.75) is 64.4 Å². The van der Waals surface area contributed by atoms with Crippen LogP contribution in [0.3, 0.4) is 0 Å². The summed E-state index contributed by atoms with van der Waals surface area (Å²) in [6.45, 7) is 5.38. The Kier molecular flexibility index (Phi) is 10.2. The van der Waals surface area contributed by atoms with Crippen LogP contribution >= 0.6 is 0 Å². The monoisotopic (exact) mass is 554 g/mol. The van der Waals surface area contributed by atoms with E-state index in [9.17, 15) is 5.11 Å². The van der Waals surface area contributed by atoms with E-state index in [1.165, 1.54) is 0 Å². The molecule has 5 rings (SSSR count). The van der Waals surface area contributed by atoms with Crippen LogP contribution in [0.15, 0.2) is 109 Å². The molecule has 6 heteroatoms. The molecular formula is C35H38O6. The highest BCUT2D eigenvalue weighted by Crippen LogP contribution is 2.30. The Morgan fingerprint density at radius 1 is 0.634 bits per heavy atom. The molecule has 214 valence electrons. The summed E-state index contributed by atoms with van der Waals surface area (Å²) in [5.74, 6) is 0.617. The van der Waals surface area contributed by atoms with Crippen molar-refractivity contribution in [3.63, 3.8) is 0 Å². The number of hydrogen-bond donors (Lipinski definition) is 1. The highest BCUT2D eigenvalue weighted by Gasteiger charge is 2.48. The fourth-order valence-corrected chi connectivity index (χ4v) is 4.84. The largest absolute Gasteiger partial charge is 0.462 e. The van der Waals surface area contributed by atoms with E-state index >= 15 is 0 Å². The molecule has 6 nitrogen and oxygen atoms in total. The Balaban J connectivity index is 1.38. The van der Waals surface area contributed by atoms with E-state index in [4.69, 9.17) is 23.7 Å². The first kappa shape index (κ1) is 29.0. The SMILES string of the molecule is Cc1ccc(O[C@@H]2O[C@H](COCc3ccccc3)[C@@H](OCc3ccccc3)[C@H](OCc3ccccc3)[C@H]2O)cc1C. The molecule has 0 aliphatic carbocycles. The number of ether oxygens (including phenoxy) is 5. The maximum Gasteiger partial charge on any atom is 0.229 e. The van der Waals surface area contributed by atoms with Crippen molar-refractivity contribution in [2.24, 2.45) is 0 Å². The smallest absolute Gasteiger partial charge is 0.229 e. The van der Waals surface area contributed by atoms with Crippen LogP contribution in [0.5, 0.6) is 5.75 Å². The van der Waals surface area contributed by atoms with Gasteiger partial charge in [-0.15, -0.1) is 0 Å². The molecule has 0 aromatic heterocycles. The Morgan fingerprint density at radius 3 is 1.73 bits per heavy atom. The molecule has 0 spiro atoms. The molecule has 5 atom stereocenters. The van der Waals surface area contributed by atoms with Gasteiger partial charge in [0.25, 0.3) is 0 Å². The minimum Gasteiger partial charge on any atom is -0.462 e. The van der Waals surface area contributed by atoms with E-state index in [1.807, 2.05) is 123 Å². The standard InChI is InChI=1S/C35H38O6/c1-25-18-19-30(20-26(25)2)40-35-32(36)34(39-23-29-16-10-5-11-17-29)33(38-22-28-14-8-4-9-15-28)31(41-35)24-37-21-27-12-6-3-7-13-27/h3-20,31-36H,21-24H2,1-2H3/t31-,32-,33-,34-,35-/m1/s1. The first-order valence-corrected chi connectivity index (χ1v) is 14.1. The molecule has 1 aliphatic rings. The van der Waals surface area contributed by atoms with E-state index in [0.717, 1.165) is 27.8 Å². The van der Waals surface area contributed by atoms with E-state index in [2.05, 4.69) is 0 Å². The van der Waals surface area contributed by atoms with E-state index in [-0.39, 0.29) is 6.61 Å². The number of aliphatic hydroxyl groups is 1. The van der Waals surface area contributed by atoms with Gasteiger partial charge in [-0.05, 0) is 53.8 Å². The second kappa shape index (κ2) is 14.4. The first-order chi connectivity index (χ1) is 20.1. The van der Waals surface area contributed by atoms with Gasteiger partial charge < -0.3 is 28.8 Å². The zero-order valence-electron chi connectivity index (χ0n) is 23.6. The summed E-state index contributed by atoms with van der Waals surface area (Å²) < 4.78 is 31.6. The molecule has 1 heterocycles. The second-order valence-electron chi connectivity index (χ2n) is 10.4. The van der Waals surface area contributed by atoms with Gasteiger partial charge >= 0.3 is 0 Å². The third-order valence-electron chi connectivity index (χ3n) is 7.31. The van der Waals surface area contributed by atoms with Crippen LogP contribution in [0.4, 0.5) is 0 Å². The molecule has 4 aromatic rings. The van der Waals surface area contributed by atoms with E-state index in [0.29, 0.717) is 25.6 Å². The van der Waals surface area contributed by atoms with E-state index in [1.54, 1.807) is 0 Å². The average Bonchev–Trinajstić information content (AvgIpc) is 3.00. The summed E-state index contributed by atoms with van der Waals surface area (Å²) in [6.07, 6.45) is -3.96. The number of hydrogen-bond acceptors (Lipinski definition) is 6. The number of benzene rings is 4. The maximum absolute atomic E-state index is 11.6. The molecular weight excluding hydrogens is 516 g/mol. The molecule has 41 heavy (non-hydrogen) atoms. The third-order valence-corrected chi connectivity index (χ3v) is 7.31. The van der Waals surface area contributed by atoms with Gasteiger partial charge in [0.05, 0.1) is 26.4 Å². The summed E-state index contributed by atoms with van der Waals surface area (Å²) in [5, 5.41) is 11.6. The Morgan fingerprint density at radius 2 is 1.17 bits per heavy atom. The minimum atomic E-state index is -1.11. The number of aliphatic hydroxyl groups excluding tert-OH is 1. The second-order valence-corrected chi connectivity index (χ2v) is 10.4. The van der Waals surface area contributed by atoms with Gasteiger partial charge in [-0.2, -0.15) is 0 Å². The Labute approximate surface area is 242 Å². The lowest BCUT2D eigenvalue weighted by Crippen LogP contribution is -2.61. The summed E-state index contributed by atoms with van der Waals surface area (Å²) >= 11 is 0. The van der Waals surface area contributed by atoms with Crippen LogP contribution in [0.25, 0.3) is 0 Å². The van der Waals surface area contributed by atoms with Gasteiger partial charge in [0, 0.05) is 0 Å². The normalized spacial score (nSPS) is 22.4. The maximum atomic E-state index is 11.6.